The molecule has 2 aromatic carbocycles. The van der Waals surface area contributed by atoms with Gasteiger partial charge in [-0.25, -0.2) is 0 Å². The maximum Gasteiger partial charge on any atom is 0.229 e. The van der Waals surface area contributed by atoms with Crippen LogP contribution in [0.15, 0.2) is 54.6 Å². The molecule has 1 aliphatic rings. The number of H-pyrrole nitrogens is 1. The topological polar surface area (TPSA) is 34.2 Å². The predicted molar refractivity (Wildman–Crippen MR) is 83.4 cm³/mol. The Bertz CT molecular complexity index is 818. The lowest BCUT2D eigenvalue weighted by Gasteiger charge is -2.24. The lowest BCUT2D eigenvalue weighted by Crippen LogP contribution is -2.11. The van der Waals surface area contributed by atoms with Gasteiger partial charge in [-0.3, -0.25) is 0 Å². The summed E-state index contributed by atoms with van der Waals surface area (Å²) < 4.78 is 11.6. The van der Waals surface area contributed by atoms with Gasteiger partial charge in [0.15, 0.2) is 0 Å². The number of nitrogens with one attached hydrogen (secondary N) is 1. The van der Waals surface area contributed by atoms with Crippen molar-refractivity contribution in [2.75, 3.05) is 7.11 Å². The second-order valence-electron chi connectivity index (χ2n) is 5.06. The zero-order valence-electron chi connectivity index (χ0n) is 11.7. The fraction of sp³-hybridized carbons (Fsp3) is 0.111. The van der Waals surface area contributed by atoms with Crippen LogP contribution in [-0.4, -0.2) is 12.1 Å². The minimum Gasteiger partial charge on any atom is -0.460 e. The number of para-hydroxylation sites is 1. The van der Waals surface area contributed by atoms with Gasteiger partial charge in [-0.2, -0.15) is 0 Å². The van der Waals surface area contributed by atoms with E-state index in [4.69, 9.17) is 9.47 Å². The van der Waals surface area contributed by atoms with E-state index in [2.05, 4.69) is 17.1 Å². The normalized spacial score (nSPS) is 17.2. The highest BCUT2D eigenvalue weighted by atomic mass is 16.7. The maximum atomic E-state index is 6.03. The Kier molecular flexibility index (Phi) is 2.79. The Hall–Kier alpha value is -2.52. The number of fused-ring (bicyclic) bond motifs is 3. The highest BCUT2D eigenvalue weighted by Gasteiger charge is 2.26. The molecule has 1 aromatic heterocycles. The third-order valence-electron chi connectivity index (χ3n) is 3.79. The van der Waals surface area contributed by atoms with Gasteiger partial charge in [0.2, 0.25) is 6.29 Å². The first kappa shape index (κ1) is 12.2. The molecule has 0 saturated carbocycles. The van der Waals surface area contributed by atoms with Crippen molar-refractivity contribution in [1.29, 1.82) is 0 Å². The summed E-state index contributed by atoms with van der Waals surface area (Å²) in [6.45, 7) is 0. The van der Waals surface area contributed by atoms with Crippen molar-refractivity contribution in [2.45, 2.75) is 6.29 Å². The molecule has 0 bridgehead atoms. The van der Waals surface area contributed by atoms with Crippen LogP contribution in [0.25, 0.3) is 22.7 Å². The van der Waals surface area contributed by atoms with Gasteiger partial charge in [-0.05, 0) is 6.07 Å². The number of hydrogen-bond donors (Lipinski definition) is 1. The zero-order valence-corrected chi connectivity index (χ0v) is 11.7. The molecule has 1 aliphatic heterocycles. The minimum absolute atomic E-state index is 0.392. The van der Waals surface area contributed by atoms with Crippen molar-refractivity contribution < 1.29 is 9.47 Å². The molecule has 0 fully saturated rings. The monoisotopic (exact) mass is 277 g/mol. The molecule has 3 heteroatoms. The summed E-state index contributed by atoms with van der Waals surface area (Å²) in [5.74, 6) is 0.821. The summed E-state index contributed by atoms with van der Waals surface area (Å²) in [6.07, 6.45) is 1.65. The van der Waals surface area contributed by atoms with Crippen molar-refractivity contribution in [2.24, 2.45) is 0 Å². The molecular formula is C18H15NO2. The van der Waals surface area contributed by atoms with Gasteiger partial charge >= 0.3 is 0 Å². The summed E-state index contributed by atoms with van der Waals surface area (Å²) in [5.41, 5.74) is 4.25. The Morgan fingerprint density at radius 1 is 1.00 bits per heavy atom. The molecule has 0 radical (unpaired) electrons. The molecule has 0 aliphatic carbocycles. The number of benzene rings is 2. The number of aromatic amines is 1. The number of rotatable bonds is 2. The van der Waals surface area contributed by atoms with Gasteiger partial charge in [0, 0.05) is 29.7 Å². The first-order valence-corrected chi connectivity index (χ1v) is 6.94. The quantitative estimate of drug-likeness (QED) is 0.756. The van der Waals surface area contributed by atoms with E-state index in [-0.39, 0.29) is 0 Å². The van der Waals surface area contributed by atoms with E-state index in [0.29, 0.717) is 0 Å². The van der Waals surface area contributed by atoms with Crippen molar-refractivity contribution in [1.82, 2.24) is 4.98 Å². The second-order valence-corrected chi connectivity index (χ2v) is 5.06. The lowest BCUT2D eigenvalue weighted by atomic mass is 10.1. The van der Waals surface area contributed by atoms with E-state index in [9.17, 15) is 0 Å². The third-order valence-corrected chi connectivity index (χ3v) is 3.79. The summed E-state index contributed by atoms with van der Waals surface area (Å²) in [5, 5.41) is 1.14. The number of ether oxygens (including phenoxy) is 2. The van der Waals surface area contributed by atoms with E-state index in [1.54, 1.807) is 7.11 Å². The zero-order chi connectivity index (χ0) is 14.2. The van der Waals surface area contributed by atoms with Crippen LogP contribution in [0.1, 0.15) is 23.1 Å². The summed E-state index contributed by atoms with van der Waals surface area (Å²) in [7, 11) is 1.67. The number of hydrogen-bond acceptors (Lipinski definition) is 2. The standard InChI is InChI=1S/C18H15NO2/c1-20-18-17-13-9-5-6-10-14(13)19-15(17)11-16(21-18)12-7-3-2-4-8-12/h2-11,18-19H,1H3. The molecule has 2 heterocycles. The van der Waals surface area contributed by atoms with Gasteiger partial charge in [0.25, 0.3) is 0 Å². The predicted octanol–water partition coefficient (Wildman–Crippen LogP) is 4.34. The molecule has 4 rings (SSSR count). The molecule has 3 nitrogen and oxygen atoms in total. The molecule has 0 spiro atoms. The Labute approximate surface area is 122 Å². The Morgan fingerprint density at radius 2 is 1.76 bits per heavy atom. The third kappa shape index (κ3) is 1.94. The van der Waals surface area contributed by atoms with Gasteiger partial charge < -0.3 is 14.5 Å². The Morgan fingerprint density at radius 3 is 2.57 bits per heavy atom. The van der Waals surface area contributed by atoms with Crippen molar-refractivity contribution in [3.05, 3.63) is 71.4 Å². The molecule has 0 saturated heterocycles. The first-order valence-electron chi connectivity index (χ1n) is 6.94. The van der Waals surface area contributed by atoms with Gasteiger partial charge in [-0.1, -0.05) is 48.5 Å². The van der Waals surface area contributed by atoms with Crippen LogP contribution in [-0.2, 0) is 9.47 Å². The van der Waals surface area contributed by atoms with Gasteiger partial charge in [0.05, 0.1) is 11.3 Å². The fourth-order valence-electron chi connectivity index (χ4n) is 2.81. The first-order chi connectivity index (χ1) is 10.4. The number of aromatic nitrogens is 1. The van der Waals surface area contributed by atoms with Crippen LogP contribution >= 0.6 is 0 Å². The average molecular weight is 277 g/mol. The van der Waals surface area contributed by atoms with Crippen molar-refractivity contribution in [3.63, 3.8) is 0 Å². The molecule has 1 unspecified atom stereocenters. The molecule has 1 atom stereocenters. The van der Waals surface area contributed by atoms with Crippen LogP contribution in [0.3, 0.4) is 0 Å². The van der Waals surface area contributed by atoms with Crippen molar-refractivity contribution >= 4 is 22.7 Å². The average Bonchev–Trinajstić information content (AvgIpc) is 2.93. The van der Waals surface area contributed by atoms with Crippen LogP contribution in [0.2, 0.25) is 0 Å². The molecule has 21 heavy (non-hydrogen) atoms. The fourth-order valence-corrected chi connectivity index (χ4v) is 2.81. The van der Waals surface area contributed by atoms with Gasteiger partial charge in [-0.15, -0.1) is 0 Å². The highest BCUT2D eigenvalue weighted by molar-refractivity contribution is 5.91. The molecule has 3 aromatic rings. The largest absolute Gasteiger partial charge is 0.460 e. The van der Waals surface area contributed by atoms with Crippen LogP contribution in [0, 0.1) is 0 Å². The van der Waals surface area contributed by atoms with E-state index in [1.165, 1.54) is 0 Å². The lowest BCUT2D eigenvalue weighted by molar-refractivity contribution is -0.0755. The highest BCUT2D eigenvalue weighted by Crippen LogP contribution is 2.39. The second kappa shape index (κ2) is 4.79. The molecule has 1 N–H and O–H groups in total. The minimum atomic E-state index is -0.392. The summed E-state index contributed by atoms with van der Waals surface area (Å²) in [4.78, 5) is 3.44. The molecular weight excluding hydrogens is 262 g/mol. The van der Waals surface area contributed by atoms with Crippen molar-refractivity contribution in [3.8, 4) is 0 Å². The smallest absolute Gasteiger partial charge is 0.229 e. The SMILES string of the molecule is COC1OC(c2ccccc2)=Cc2[nH]c3ccccc3c21. The van der Waals surface area contributed by atoms with Crippen LogP contribution < -0.4 is 0 Å². The summed E-state index contributed by atoms with van der Waals surface area (Å²) in [6, 6.07) is 18.3. The van der Waals surface area contributed by atoms with E-state index >= 15 is 0 Å². The van der Waals surface area contributed by atoms with Crippen LogP contribution in [0.4, 0.5) is 0 Å². The molecule has 104 valence electrons. The number of methoxy groups -OCH3 is 1. The van der Waals surface area contributed by atoms with E-state index in [0.717, 1.165) is 33.5 Å². The van der Waals surface area contributed by atoms with Crippen LogP contribution in [0.5, 0.6) is 0 Å². The van der Waals surface area contributed by atoms with Gasteiger partial charge in [0.1, 0.15) is 5.76 Å². The maximum absolute atomic E-state index is 6.03. The molecule has 0 amide bonds. The Balaban J connectivity index is 1.92. The van der Waals surface area contributed by atoms with E-state index in [1.807, 2.05) is 48.5 Å². The van der Waals surface area contributed by atoms with E-state index < -0.39 is 6.29 Å². The summed E-state index contributed by atoms with van der Waals surface area (Å²) >= 11 is 0.